The molecule has 2 unspecified atom stereocenters. The number of halogens is 2. The summed E-state index contributed by atoms with van der Waals surface area (Å²) in [4.78, 5) is 39.0. The van der Waals surface area contributed by atoms with Gasteiger partial charge in [0.1, 0.15) is 12.1 Å². The molecule has 35 heavy (non-hydrogen) atoms. The predicted molar refractivity (Wildman–Crippen MR) is 136 cm³/mol. The van der Waals surface area contributed by atoms with Crippen molar-refractivity contribution in [1.29, 1.82) is 0 Å². The summed E-state index contributed by atoms with van der Waals surface area (Å²) < 4.78 is 41.6. The Bertz CT molecular complexity index is 662. The van der Waals surface area contributed by atoms with Gasteiger partial charge >= 0.3 is 19.5 Å². The van der Waals surface area contributed by atoms with E-state index >= 15 is 0 Å². The summed E-state index contributed by atoms with van der Waals surface area (Å²) in [6.07, 6.45) is 3.05. The molecule has 0 aromatic carbocycles. The van der Waals surface area contributed by atoms with Gasteiger partial charge in [-0.15, -0.1) is 0 Å². The highest BCUT2D eigenvalue weighted by atomic mass is 35.9. The molecule has 0 aromatic rings. The van der Waals surface area contributed by atoms with E-state index in [0.717, 1.165) is 19.5 Å². The highest BCUT2D eigenvalue weighted by Gasteiger charge is 2.31. The van der Waals surface area contributed by atoms with Crippen molar-refractivity contribution < 1.29 is 52.8 Å². The second kappa shape index (κ2) is 21.0. The number of carbonyl (C=O) groups excluding carboxylic acids is 2. The normalized spacial score (nSPS) is 14.7. The number of ether oxygens (including phenoxy) is 2. The van der Waals surface area contributed by atoms with Gasteiger partial charge in [-0.25, -0.2) is 10.2 Å². The molecule has 0 saturated heterocycles. The third-order valence-electron chi connectivity index (χ3n) is 3.22. The molecule has 0 aromatic heterocycles. The first kappa shape index (κ1) is 39.5. The van der Waals surface area contributed by atoms with Crippen LogP contribution in [0.5, 0.6) is 0 Å². The van der Waals surface area contributed by atoms with Gasteiger partial charge < -0.3 is 29.5 Å². The van der Waals surface area contributed by atoms with Crippen LogP contribution in [0.25, 0.3) is 0 Å². The van der Waals surface area contributed by atoms with Crippen molar-refractivity contribution >= 4 is 55.3 Å². The summed E-state index contributed by atoms with van der Waals surface area (Å²) in [5, 5.41) is 23.5. The van der Waals surface area contributed by atoms with Crippen molar-refractivity contribution in [1.82, 2.24) is 10.2 Å². The molecule has 13 nitrogen and oxygen atoms in total. The van der Waals surface area contributed by atoms with Gasteiger partial charge in [0.05, 0.1) is 26.4 Å². The Hall–Kier alpha value is -0.0300. The van der Waals surface area contributed by atoms with E-state index in [0.29, 0.717) is 12.8 Å². The Morgan fingerprint density at radius 3 is 1.26 bits per heavy atom. The van der Waals surface area contributed by atoms with Crippen molar-refractivity contribution in [2.75, 3.05) is 46.4 Å². The van der Waals surface area contributed by atoms with Crippen molar-refractivity contribution in [3.63, 3.8) is 0 Å². The van der Waals surface area contributed by atoms with Crippen LogP contribution in [0.1, 0.15) is 39.5 Å². The van der Waals surface area contributed by atoms with Crippen LogP contribution in [0.2, 0.25) is 0 Å². The number of hydrogen-bond acceptors (Lipinski definition) is 9. The fourth-order valence-corrected chi connectivity index (χ4v) is 3.44. The molecule has 2 atom stereocenters. The maximum absolute atomic E-state index is 12.6. The number of esters is 2. The average Bonchev–Trinajstić information content (AvgIpc) is 2.68. The molecule has 0 spiro atoms. The van der Waals surface area contributed by atoms with E-state index in [9.17, 15) is 33.5 Å². The molecule has 0 aliphatic carbocycles. The molecule has 0 amide bonds. The highest BCUT2D eigenvalue weighted by molar-refractivity contribution is 8.08. The van der Waals surface area contributed by atoms with Crippen LogP contribution < -0.4 is 10.2 Å². The largest absolute Gasteiger partial charge is 0.464 e. The molecule has 212 valence electrons. The van der Waals surface area contributed by atoms with E-state index in [4.69, 9.17) is 41.7 Å². The molecule has 0 aliphatic rings. The lowest BCUT2D eigenvalue weighted by atomic mass is 10.3. The lowest BCUT2D eigenvalue weighted by molar-refractivity contribution is -0.147. The second-order valence-electron chi connectivity index (χ2n) is 7.25. The Labute approximate surface area is 216 Å². The van der Waals surface area contributed by atoms with Gasteiger partial charge in [0.2, 0.25) is 13.3 Å². The molecule has 0 bridgehead atoms. The summed E-state index contributed by atoms with van der Waals surface area (Å²) in [7, 11) is -7.08. The summed E-state index contributed by atoms with van der Waals surface area (Å²) in [6.45, 7) is 6.43. The van der Waals surface area contributed by atoms with E-state index in [1.807, 2.05) is 13.8 Å². The number of nitrogens with one attached hydrogen (secondary N) is 2. The third kappa shape index (κ3) is 34.0. The summed E-state index contributed by atoms with van der Waals surface area (Å²) in [5.74, 6) is -4.16. The van der Waals surface area contributed by atoms with E-state index in [1.54, 1.807) is 0 Å². The monoisotopic (exact) mass is 610 g/mol. The molecular formula is C17H39Cl2N2O11P3. The topological polar surface area (TPSA) is 209 Å². The fourth-order valence-electron chi connectivity index (χ4n) is 1.80. The maximum Gasteiger partial charge on any atom is 0.325 e. The summed E-state index contributed by atoms with van der Waals surface area (Å²) in [5.41, 5.74) is 0. The zero-order valence-corrected chi connectivity index (χ0v) is 24.8. The number of hydrogen-bond donors (Lipinski definition) is 6. The van der Waals surface area contributed by atoms with Gasteiger partial charge in [0.25, 0.3) is 0 Å². The lowest BCUT2D eigenvalue weighted by Gasteiger charge is -2.25. The Morgan fingerprint density at radius 2 is 1.06 bits per heavy atom. The van der Waals surface area contributed by atoms with Gasteiger partial charge in [-0.1, -0.05) is 26.7 Å². The minimum absolute atomic E-state index is 0.206. The van der Waals surface area contributed by atoms with Crippen LogP contribution in [0.3, 0.4) is 0 Å². The number of unbranched alkanes of at least 4 members (excludes halogenated alkanes) is 2. The van der Waals surface area contributed by atoms with Gasteiger partial charge in [-0.2, -0.15) is 0 Å². The summed E-state index contributed by atoms with van der Waals surface area (Å²) >= 11 is 9.70. The van der Waals surface area contributed by atoms with Crippen LogP contribution in [-0.2, 0) is 32.8 Å². The maximum atomic E-state index is 12.6. The van der Waals surface area contributed by atoms with E-state index in [-0.39, 0.29) is 13.2 Å². The first-order chi connectivity index (χ1) is 15.8. The minimum Gasteiger partial charge on any atom is -0.464 e. The quantitative estimate of drug-likeness (QED) is 0.0949. The second-order valence-corrected chi connectivity index (χ2v) is 17.1. The Morgan fingerprint density at radius 1 is 0.800 bits per heavy atom. The Kier molecular flexibility index (Phi) is 23.6. The first-order valence-electron chi connectivity index (χ1n) is 10.5. The van der Waals surface area contributed by atoms with Crippen LogP contribution >= 0.6 is 43.4 Å². The van der Waals surface area contributed by atoms with Crippen LogP contribution in [0, 0.1) is 0 Å². The van der Waals surface area contributed by atoms with Crippen LogP contribution in [-0.4, -0.2) is 90.4 Å². The van der Waals surface area contributed by atoms with E-state index in [1.165, 1.54) is 13.3 Å². The minimum atomic E-state index is -3.64. The van der Waals surface area contributed by atoms with Crippen molar-refractivity contribution in [3.8, 4) is 0 Å². The first-order valence-corrected chi connectivity index (χ1v) is 18.7. The van der Waals surface area contributed by atoms with Crippen molar-refractivity contribution in [2.24, 2.45) is 0 Å². The molecule has 6 N–H and O–H groups in total. The standard InChI is InChI=1S/C15H31N2O7P.CH3Cl2OP.CH5O3P/c1-4-6-8-23-14(20)12(10-18)16-25(3,22)17-13(11-19)15(21)24-9-7-5-2;2*1-5(2,3)4/h12-13,18-19H,4-11H2,1-3H3,(H2,16,17,22);1H3;1H3,(H2,2,3,4). The van der Waals surface area contributed by atoms with Crippen LogP contribution in [0.15, 0.2) is 0 Å². The molecule has 0 saturated carbocycles. The van der Waals surface area contributed by atoms with E-state index < -0.39 is 58.1 Å². The zero-order valence-electron chi connectivity index (χ0n) is 20.6. The molecule has 18 heteroatoms. The van der Waals surface area contributed by atoms with E-state index in [2.05, 4.69) is 10.2 Å². The van der Waals surface area contributed by atoms with Crippen molar-refractivity contribution in [2.45, 2.75) is 51.6 Å². The average molecular weight is 611 g/mol. The van der Waals surface area contributed by atoms with Crippen molar-refractivity contribution in [3.05, 3.63) is 0 Å². The molecule has 0 radical (unpaired) electrons. The van der Waals surface area contributed by atoms with Gasteiger partial charge in [0, 0.05) is 20.0 Å². The zero-order chi connectivity index (χ0) is 28.3. The van der Waals surface area contributed by atoms with Gasteiger partial charge in [-0.05, 0) is 35.3 Å². The fraction of sp³-hybridized carbons (Fsp3) is 0.882. The molecule has 0 heterocycles. The Balaban J connectivity index is -0.000000853. The SMILES string of the molecule is CCCCOC(=O)C(CO)NP(C)(=O)NC(CO)C(=O)OCCCC.CP(=O)(Cl)Cl.CP(=O)(O)O. The third-order valence-corrected chi connectivity index (χ3v) is 4.83. The molecular weight excluding hydrogens is 572 g/mol. The number of rotatable bonds is 14. The number of aliphatic hydroxyl groups excluding tert-OH is 2. The number of aliphatic hydroxyl groups is 2. The predicted octanol–water partition coefficient (Wildman–Crippen LogP) is 2.48. The highest BCUT2D eigenvalue weighted by Crippen LogP contribution is 2.52. The lowest BCUT2D eigenvalue weighted by Crippen LogP contribution is -2.46. The van der Waals surface area contributed by atoms with Crippen LogP contribution in [0.4, 0.5) is 0 Å². The molecule has 0 fully saturated rings. The van der Waals surface area contributed by atoms with Gasteiger partial charge in [-0.3, -0.25) is 23.3 Å². The molecule has 0 rings (SSSR count). The summed E-state index contributed by atoms with van der Waals surface area (Å²) in [6, 6.07) is -2.40. The van der Waals surface area contributed by atoms with Gasteiger partial charge in [0.15, 0.2) is 0 Å². The molecule has 0 aliphatic heterocycles. The number of carbonyl (C=O) groups is 2. The smallest absolute Gasteiger partial charge is 0.325 e.